The van der Waals surface area contributed by atoms with E-state index in [2.05, 4.69) is 36.2 Å². The molecule has 1 aromatic carbocycles. The summed E-state index contributed by atoms with van der Waals surface area (Å²) in [5, 5.41) is 4.28. The summed E-state index contributed by atoms with van der Waals surface area (Å²) < 4.78 is 0. The molecule has 1 atom stereocenters. The van der Waals surface area contributed by atoms with Crippen molar-refractivity contribution in [1.29, 1.82) is 0 Å². The van der Waals surface area contributed by atoms with Gasteiger partial charge in [-0.3, -0.25) is 0 Å². The summed E-state index contributed by atoms with van der Waals surface area (Å²) in [6.45, 7) is 5.33. The number of halogens is 1. The fourth-order valence-electron chi connectivity index (χ4n) is 1.62. The Hall–Kier alpha value is -0.730. The van der Waals surface area contributed by atoms with Crippen molar-refractivity contribution >= 4 is 17.3 Å². The van der Waals surface area contributed by atoms with E-state index in [9.17, 15) is 0 Å². The Morgan fingerprint density at radius 1 is 1.38 bits per heavy atom. The van der Waals surface area contributed by atoms with Gasteiger partial charge in [-0.1, -0.05) is 24.6 Å². The number of hydrogen-bond acceptors (Lipinski definition) is 2. The molecule has 0 saturated carbocycles. The van der Waals surface area contributed by atoms with E-state index < -0.39 is 0 Å². The van der Waals surface area contributed by atoms with Crippen molar-refractivity contribution in [3.05, 3.63) is 28.8 Å². The van der Waals surface area contributed by atoms with Gasteiger partial charge in [-0.25, -0.2) is 0 Å². The average Bonchev–Trinajstić information content (AvgIpc) is 2.25. The first-order valence-electron chi connectivity index (χ1n) is 5.76. The summed E-state index contributed by atoms with van der Waals surface area (Å²) in [6, 6.07) is 6.53. The number of rotatable bonds is 5. The molecule has 1 N–H and O–H groups in total. The Kier molecular flexibility index (Phi) is 5.10. The lowest BCUT2D eigenvalue weighted by Gasteiger charge is -2.18. The van der Waals surface area contributed by atoms with E-state index in [4.69, 9.17) is 11.6 Å². The Labute approximate surface area is 104 Å². The van der Waals surface area contributed by atoms with E-state index in [1.807, 2.05) is 20.2 Å². The molecule has 90 valence electrons. The van der Waals surface area contributed by atoms with Gasteiger partial charge < -0.3 is 10.2 Å². The van der Waals surface area contributed by atoms with Crippen LogP contribution in [-0.2, 0) is 0 Å². The monoisotopic (exact) mass is 240 g/mol. The smallest absolute Gasteiger partial charge is 0.0474 e. The van der Waals surface area contributed by atoms with Gasteiger partial charge in [0, 0.05) is 30.8 Å². The van der Waals surface area contributed by atoms with Gasteiger partial charge in [-0.05, 0) is 37.6 Å². The minimum absolute atomic E-state index is 0.309. The van der Waals surface area contributed by atoms with Crippen LogP contribution in [0.4, 0.5) is 5.69 Å². The first kappa shape index (κ1) is 13.3. The van der Waals surface area contributed by atoms with Gasteiger partial charge in [-0.2, -0.15) is 0 Å². The topological polar surface area (TPSA) is 15.3 Å². The van der Waals surface area contributed by atoms with Crippen LogP contribution in [-0.4, -0.2) is 20.6 Å². The normalized spacial score (nSPS) is 12.6. The summed E-state index contributed by atoms with van der Waals surface area (Å²) in [7, 11) is 4.04. The van der Waals surface area contributed by atoms with Crippen LogP contribution in [0.1, 0.15) is 31.9 Å². The molecule has 1 rings (SSSR count). The second kappa shape index (κ2) is 6.12. The van der Waals surface area contributed by atoms with Gasteiger partial charge in [-0.15, -0.1) is 0 Å². The van der Waals surface area contributed by atoms with E-state index in [0.29, 0.717) is 6.04 Å². The van der Waals surface area contributed by atoms with E-state index in [1.165, 1.54) is 5.56 Å². The van der Waals surface area contributed by atoms with Crippen molar-refractivity contribution in [3.63, 3.8) is 0 Å². The third-order valence-electron chi connectivity index (χ3n) is 2.67. The molecule has 3 heteroatoms. The molecule has 0 bridgehead atoms. The molecule has 0 aliphatic rings. The largest absolute Gasteiger partial charge is 0.378 e. The van der Waals surface area contributed by atoms with Crippen molar-refractivity contribution in [2.75, 3.05) is 25.5 Å². The molecule has 0 saturated heterocycles. The summed E-state index contributed by atoms with van der Waals surface area (Å²) in [5.74, 6) is 0. The van der Waals surface area contributed by atoms with Gasteiger partial charge in [0.25, 0.3) is 0 Å². The Morgan fingerprint density at radius 2 is 2.06 bits per heavy atom. The van der Waals surface area contributed by atoms with Crippen LogP contribution in [0, 0.1) is 0 Å². The molecular weight excluding hydrogens is 220 g/mol. The van der Waals surface area contributed by atoms with Crippen molar-refractivity contribution in [2.45, 2.75) is 26.3 Å². The summed E-state index contributed by atoms with van der Waals surface area (Å²) in [6.07, 6.45) is 1.14. The third kappa shape index (κ3) is 3.39. The zero-order valence-corrected chi connectivity index (χ0v) is 11.3. The lowest BCUT2D eigenvalue weighted by molar-refractivity contribution is 0.571. The zero-order valence-electron chi connectivity index (χ0n) is 10.5. The lowest BCUT2D eigenvalue weighted by atomic mass is 10.1. The van der Waals surface area contributed by atoms with Crippen LogP contribution in [0.2, 0.25) is 5.02 Å². The van der Waals surface area contributed by atoms with Crippen molar-refractivity contribution in [3.8, 4) is 0 Å². The Morgan fingerprint density at radius 3 is 2.56 bits per heavy atom. The number of nitrogens with zero attached hydrogens (tertiary/aromatic N) is 1. The van der Waals surface area contributed by atoms with Crippen LogP contribution >= 0.6 is 11.6 Å². The van der Waals surface area contributed by atoms with Crippen molar-refractivity contribution in [2.24, 2.45) is 0 Å². The summed E-state index contributed by atoms with van der Waals surface area (Å²) in [4.78, 5) is 2.06. The number of hydrogen-bond donors (Lipinski definition) is 1. The van der Waals surface area contributed by atoms with Crippen molar-refractivity contribution < 1.29 is 0 Å². The molecule has 2 nitrogen and oxygen atoms in total. The fraction of sp³-hybridized carbons (Fsp3) is 0.538. The first-order chi connectivity index (χ1) is 7.56. The molecule has 0 aliphatic carbocycles. The standard InChI is InChI=1S/C13H21ClN2/c1-5-8-15-10(2)12-7-6-11(16(3)4)9-13(12)14/h6-7,9-10,15H,5,8H2,1-4H3. The Bertz CT molecular complexity index is 337. The highest BCUT2D eigenvalue weighted by Gasteiger charge is 2.09. The van der Waals surface area contributed by atoms with Gasteiger partial charge in [0.2, 0.25) is 0 Å². The molecule has 1 aromatic rings. The lowest BCUT2D eigenvalue weighted by Crippen LogP contribution is -2.19. The van der Waals surface area contributed by atoms with Gasteiger partial charge in [0.15, 0.2) is 0 Å². The third-order valence-corrected chi connectivity index (χ3v) is 2.99. The first-order valence-corrected chi connectivity index (χ1v) is 6.14. The average molecular weight is 241 g/mol. The highest BCUT2D eigenvalue weighted by molar-refractivity contribution is 6.31. The molecule has 0 heterocycles. The number of benzene rings is 1. The molecule has 0 aliphatic heterocycles. The molecule has 1 unspecified atom stereocenters. The van der Waals surface area contributed by atoms with Crippen LogP contribution in [0.15, 0.2) is 18.2 Å². The summed E-state index contributed by atoms with van der Waals surface area (Å²) >= 11 is 6.28. The molecule has 0 fully saturated rings. The van der Waals surface area contributed by atoms with Crippen LogP contribution < -0.4 is 10.2 Å². The minimum atomic E-state index is 0.309. The maximum absolute atomic E-state index is 6.28. The molecule has 0 aromatic heterocycles. The minimum Gasteiger partial charge on any atom is -0.378 e. The quantitative estimate of drug-likeness (QED) is 0.848. The molecule has 0 radical (unpaired) electrons. The molecule has 0 amide bonds. The van der Waals surface area contributed by atoms with E-state index >= 15 is 0 Å². The number of nitrogens with one attached hydrogen (secondary N) is 1. The maximum atomic E-state index is 6.28. The Balaban J connectivity index is 2.81. The van der Waals surface area contributed by atoms with E-state index in [0.717, 1.165) is 23.7 Å². The predicted molar refractivity (Wildman–Crippen MR) is 72.5 cm³/mol. The highest BCUT2D eigenvalue weighted by atomic mass is 35.5. The molecule has 0 spiro atoms. The van der Waals surface area contributed by atoms with Crippen molar-refractivity contribution in [1.82, 2.24) is 5.32 Å². The van der Waals surface area contributed by atoms with Crippen LogP contribution in [0.25, 0.3) is 0 Å². The SMILES string of the molecule is CCCNC(C)c1ccc(N(C)C)cc1Cl. The number of anilines is 1. The van der Waals surface area contributed by atoms with Crippen LogP contribution in [0.5, 0.6) is 0 Å². The fourth-order valence-corrected chi connectivity index (χ4v) is 1.95. The predicted octanol–water partition coefficient (Wildman–Crippen LogP) is 3.47. The molecular formula is C13H21ClN2. The van der Waals surface area contributed by atoms with Gasteiger partial charge >= 0.3 is 0 Å². The second-order valence-electron chi connectivity index (χ2n) is 4.28. The second-order valence-corrected chi connectivity index (χ2v) is 4.68. The van der Waals surface area contributed by atoms with Gasteiger partial charge in [0.1, 0.15) is 0 Å². The molecule has 16 heavy (non-hydrogen) atoms. The van der Waals surface area contributed by atoms with Gasteiger partial charge in [0.05, 0.1) is 0 Å². The summed E-state index contributed by atoms with van der Waals surface area (Å²) in [5.41, 5.74) is 2.30. The maximum Gasteiger partial charge on any atom is 0.0474 e. The van der Waals surface area contributed by atoms with Crippen LogP contribution in [0.3, 0.4) is 0 Å². The highest BCUT2D eigenvalue weighted by Crippen LogP contribution is 2.27. The van der Waals surface area contributed by atoms with E-state index in [-0.39, 0.29) is 0 Å². The zero-order chi connectivity index (χ0) is 12.1. The van der Waals surface area contributed by atoms with E-state index in [1.54, 1.807) is 0 Å².